The molecular weight excluding hydrogens is 209 g/mol. The molecule has 0 aliphatic carbocycles. The molecule has 0 bridgehead atoms. The molecule has 2 N–H and O–H groups in total. The van der Waals surface area contributed by atoms with Crippen molar-refractivity contribution in [2.45, 2.75) is 32.6 Å². The van der Waals surface area contributed by atoms with Crippen LogP contribution in [0.3, 0.4) is 0 Å². The molecule has 0 aliphatic rings. The molecule has 90 valence electrons. The van der Waals surface area contributed by atoms with Gasteiger partial charge in [0.25, 0.3) is 0 Å². The number of rotatable bonds is 5. The molecule has 0 spiro atoms. The third-order valence-electron chi connectivity index (χ3n) is 2.40. The Morgan fingerprint density at radius 1 is 1.44 bits per heavy atom. The Labute approximate surface area is 95.2 Å². The molecule has 0 aliphatic heterocycles. The van der Waals surface area contributed by atoms with E-state index in [1.165, 1.54) is 6.07 Å². The van der Waals surface area contributed by atoms with Crippen LogP contribution in [0.2, 0.25) is 0 Å². The van der Waals surface area contributed by atoms with Crippen LogP contribution in [-0.4, -0.2) is 24.4 Å². The number of hydrogen-bond donors (Lipinski definition) is 2. The highest BCUT2D eigenvalue weighted by Gasteiger charge is 2.15. The first-order valence-corrected chi connectivity index (χ1v) is 5.33. The van der Waals surface area contributed by atoms with Gasteiger partial charge in [0.1, 0.15) is 6.10 Å². The number of hydrogen-bond acceptors (Lipinski definition) is 3. The van der Waals surface area contributed by atoms with Gasteiger partial charge in [0.05, 0.1) is 6.10 Å². The Morgan fingerprint density at radius 3 is 2.69 bits per heavy atom. The van der Waals surface area contributed by atoms with Crippen molar-refractivity contribution in [3.63, 3.8) is 0 Å². The van der Waals surface area contributed by atoms with Gasteiger partial charge in [0.2, 0.25) is 0 Å². The minimum absolute atomic E-state index is 0.213. The maximum Gasteiger partial charge on any atom is 0.165 e. The number of aliphatic hydroxyl groups excluding tert-OH is 1. The summed E-state index contributed by atoms with van der Waals surface area (Å²) in [6, 6.07) is 4.79. The van der Waals surface area contributed by atoms with E-state index in [9.17, 15) is 9.50 Å². The van der Waals surface area contributed by atoms with Gasteiger partial charge >= 0.3 is 0 Å². The van der Waals surface area contributed by atoms with Crippen LogP contribution >= 0.6 is 0 Å². The van der Waals surface area contributed by atoms with Crippen molar-refractivity contribution in [3.05, 3.63) is 29.6 Å². The molecule has 0 saturated heterocycles. The van der Waals surface area contributed by atoms with Crippen LogP contribution in [0.15, 0.2) is 18.2 Å². The van der Waals surface area contributed by atoms with Crippen LogP contribution in [0.5, 0.6) is 5.75 Å². The van der Waals surface area contributed by atoms with E-state index < -0.39 is 18.0 Å². The minimum Gasteiger partial charge on any atom is -0.485 e. The first kappa shape index (κ1) is 12.9. The Balaban J connectivity index is 2.91. The quantitative estimate of drug-likeness (QED) is 0.804. The number of halogens is 1. The topological polar surface area (TPSA) is 41.5 Å². The maximum atomic E-state index is 13.6. The average Bonchev–Trinajstić information content (AvgIpc) is 2.23. The molecule has 1 rings (SSSR count). The molecule has 2 atom stereocenters. The number of ether oxygens (including phenoxy) is 1. The Hall–Kier alpha value is -1.13. The highest BCUT2D eigenvalue weighted by Crippen LogP contribution is 2.24. The van der Waals surface area contributed by atoms with Crippen molar-refractivity contribution >= 4 is 0 Å². The SMILES string of the molecule is CNCc1cccc(F)c1OC(C)C(C)O. The fraction of sp³-hybridized carbons (Fsp3) is 0.500. The molecule has 0 fully saturated rings. The van der Waals surface area contributed by atoms with Crippen molar-refractivity contribution in [1.82, 2.24) is 5.32 Å². The smallest absolute Gasteiger partial charge is 0.165 e. The maximum absolute atomic E-state index is 13.6. The van der Waals surface area contributed by atoms with Crippen LogP contribution in [-0.2, 0) is 6.54 Å². The normalized spacial score (nSPS) is 14.6. The second-order valence-electron chi connectivity index (χ2n) is 3.82. The van der Waals surface area contributed by atoms with Crippen LogP contribution in [0.4, 0.5) is 4.39 Å². The number of para-hydroxylation sites is 1. The number of nitrogens with one attached hydrogen (secondary N) is 1. The van der Waals surface area contributed by atoms with Crippen LogP contribution in [0.25, 0.3) is 0 Å². The minimum atomic E-state index is -0.637. The van der Waals surface area contributed by atoms with Crippen molar-refractivity contribution in [1.29, 1.82) is 0 Å². The van der Waals surface area contributed by atoms with Crippen LogP contribution in [0, 0.1) is 5.82 Å². The summed E-state index contributed by atoms with van der Waals surface area (Å²) in [5, 5.41) is 12.3. The highest BCUT2D eigenvalue weighted by atomic mass is 19.1. The summed E-state index contributed by atoms with van der Waals surface area (Å²) in [6.45, 7) is 3.85. The van der Waals surface area contributed by atoms with E-state index >= 15 is 0 Å². The number of aliphatic hydroxyl groups is 1. The molecule has 3 nitrogen and oxygen atoms in total. The van der Waals surface area contributed by atoms with Gasteiger partial charge in [-0.25, -0.2) is 4.39 Å². The average molecular weight is 227 g/mol. The predicted octanol–water partition coefficient (Wildman–Crippen LogP) is 1.69. The van der Waals surface area contributed by atoms with E-state index in [2.05, 4.69) is 5.32 Å². The third-order valence-corrected chi connectivity index (χ3v) is 2.40. The lowest BCUT2D eigenvalue weighted by atomic mass is 10.2. The second kappa shape index (κ2) is 5.82. The van der Waals surface area contributed by atoms with Crippen molar-refractivity contribution in [2.24, 2.45) is 0 Å². The molecular formula is C12H18FNO2. The van der Waals surface area contributed by atoms with Crippen molar-refractivity contribution in [2.75, 3.05) is 7.05 Å². The fourth-order valence-electron chi connectivity index (χ4n) is 1.30. The van der Waals surface area contributed by atoms with Crippen molar-refractivity contribution < 1.29 is 14.2 Å². The highest BCUT2D eigenvalue weighted by molar-refractivity contribution is 5.35. The van der Waals surface area contributed by atoms with Gasteiger partial charge in [-0.3, -0.25) is 0 Å². The fourth-order valence-corrected chi connectivity index (χ4v) is 1.30. The monoisotopic (exact) mass is 227 g/mol. The summed E-state index contributed by atoms with van der Waals surface area (Å²) in [6.07, 6.45) is -1.07. The Morgan fingerprint density at radius 2 is 2.12 bits per heavy atom. The summed E-state index contributed by atoms with van der Waals surface area (Å²) in [4.78, 5) is 0. The lowest BCUT2D eigenvalue weighted by Gasteiger charge is -2.19. The lowest BCUT2D eigenvalue weighted by Crippen LogP contribution is -2.26. The molecule has 16 heavy (non-hydrogen) atoms. The van der Waals surface area contributed by atoms with Gasteiger partial charge < -0.3 is 15.2 Å². The molecule has 4 heteroatoms. The van der Waals surface area contributed by atoms with E-state index in [1.807, 2.05) is 0 Å². The summed E-state index contributed by atoms with van der Waals surface area (Å²) < 4.78 is 19.0. The molecule has 0 heterocycles. The van der Waals surface area contributed by atoms with Gasteiger partial charge in [-0.05, 0) is 27.0 Å². The molecule has 0 radical (unpaired) electrons. The van der Waals surface area contributed by atoms with Crippen molar-refractivity contribution in [3.8, 4) is 5.75 Å². The van der Waals surface area contributed by atoms with Gasteiger partial charge in [0, 0.05) is 12.1 Å². The zero-order valence-corrected chi connectivity index (χ0v) is 9.83. The Kier molecular flexibility index (Phi) is 4.71. The number of benzene rings is 1. The second-order valence-corrected chi connectivity index (χ2v) is 3.82. The third kappa shape index (κ3) is 3.18. The van der Waals surface area contributed by atoms with E-state index in [1.54, 1.807) is 33.0 Å². The van der Waals surface area contributed by atoms with Gasteiger partial charge in [-0.15, -0.1) is 0 Å². The van der Waals surface area contributed by atoms with Crippen LogP contribution in [0.1, 0.15) is 19.4 Å². The standard InChI is InChI=1S/C12H18FNO2/c1-8(15)9(2)16-12-10(7-14-3)5-4-6-11(12)13/h4-6,8-9,14-15H,7H2,1-3H3. The van der Waals surface area contributed by atoms with E-state index in [0.717, 1.165) is 5.56 Å². The molecule has 0 aromatic heterocycles. The molecule has 2 unspecified atom stereocenters. The lowest BCUT2D eigenvalue weighted by molar-refractivity contribution is 0.0572. The zero-order chi connectivity index (χ0) is 12.1. The summed E-state index contributed by atoms with van der Waals surface area (Å²) in [5.74, 6) is -0.189. The predicted molar refractivity (Wildman–Crippen MR) is 60.9 cm³/mol. The van der Waals surface area contributed by atoms with E-state index in [-0.39, 0.29) is 5.75 Å². The van der Waals surface area contributed by atoms with Gasteiger partial charge in [-0.2, -0.15) is 0 Å². The molecule has 1 aromatic carbocycles. The zero-order valence-electron chi connectivity index (χ0n) is 9.83. The first-order chi connectivity index (χ1) is 7.56. The molecule has 1 aromatic rings. The van der Waals surface area contributed by atoms with Gasteiger partial charge in [0.15, 0.2) is 11.6 Å². The largest absolute Gasteiger partial charge is 0.485 e. The van der Waals surface area contributed by atoms with Gasteiger partial charge in [-0.1, -0.05) is 12.1 Å². The summed E-state index contributed by atoms with van der Waals surface area (Å²) in [7, 11) is 1.78. The van der Waals surface area contributed by atoms with Crippen LogP contribution < -0.4 is 10.1 Å². The van der Waals surface area contributed by atoms with E-state index in [0.29, 0.717) is 6.54 Å². The van der Waals surface area contributed by atoms with E-state index in [4.69, 9.17) is 4.74 Å². The molecule has 0 amide bonds. The molecule has 0 saturated carbocycles. The Bertz CT molecular complexity index is 342. The summed E-state index contributed by atoms with van der Waals surface area (Å²) in [5.41, 5.74) is 0.745. The first-order valence-electron chi connectivity index (χ1n) is 5.33. The summed E-state index contributed by atoms with van der Waals surface area (Å²) >= 11 is 0.